The maximum atomic E-state index is 13.2. The molecule has 2 N–H and O–H groups in total. The van der Waals surface area contributed by atoms with Crippen LogP contribution in [-0.2, 0) is 7.05 Å². The Morgan fingerprint density at radius 3 is 2.85 bits per heavy atom. The molecule has 5 heteroatoms. The first-order valence-corrected chi connectivity index (χ1v) is 3.56. The molecule has 2 rings (SSSR count). The standard InChI is InChI=1S/C8H8FN3.ClH/c1-12-4-5-7(11-12)3-2-6(10)8(5)9;/h2-4H,10H2,1H3;1H. The summed E-state index contributed by atoms with van der Waals surface area (Å²) in [6.45, 7) is 0. The Morgan fingerprint density at radius 1 is 1.46 bits per heavy atom. The third-order valence-corrected chi connectivity index (χ3v) is 1.77. The van der Waals surface area contributed by atoms with Gasteiger partial charge < -0.3 is 5.73 Å². The zero-order valence-electron chi connectivity index (χ0n) is 6.99. The Labute approximate surface area is 80.7 Å². The molecule has 3 nitrogen and oxygen atoms in total. The highest BCUT2D eigenvalue weighted by Gasteiger charge is 2.06. The molecule has 2 aromatic rings. The van der Waals surface area contributed by atoms with Crippen molar-refractivity contribution in [1.82, 2.24) is 9.78 Å². The summed E-state index contributed by atoms with van der Waals surface area (Å²) in [7, 11) is 1.75. The van der Waals surface area contributed by atoms with Crippen LogP contribution < -0.4 is 5.73 Å². The van der Waals surface area contributed by atoms with E-state index >= 15 is 0 Å². The van der Waals surface area contributed by atoms with Gasteiger partial charge in [-0.15, -0.1) is 12.4 Å². The average Bonchev–Trinajstić information content (AvgIpc) is 2.39. The molecule has 0 saturated heterocycles. The van der Waals surface area contributed by atoms with E-state index in [1.165, 1.54) is 6.07 Å². The van der Waals surface area contributed by atoms with Crippen LogP contribution in [0.4, 0.5) is 10.1 Å². The summed E-state index contributed by atoms with van der Waals surface area (Å²) in [5, 5.41) is 4.51. The first-order chi connectivity index (χ1) is 5.68. The smallest absolute Gasteiger partial charge is 0.157 e. The van der Waals surface area contributed by atoms with Crippen molar-refractivity contribution in [1.29, 1.82) is 0 Å². The van der Waals surface area contributed by atoms with E-state index in [2.05, 4.69) is 5.10 Å². The molecule has 1 heterocycles. The van der Waals surface area contributed by atoms with Gasteiger partial charge in [0.15, 0.2) is 5.82 Å². The molecule has 0 saturated carbocycles. The van der Waals surface area contributed by atoms with Crippen molar-refractivity contribution in [3.63, 3.8) is 0 Å². The minimum absolute atomic E-state index is 0. The van der Waals surface area contributed by atoms with Gasteiger partial charge in [-0.1, -0.05) is 0 Å². The Morgan fingerprint density at radius 2 is 2.15 bits per heavy atom. The Kier molecular flexibility index (Phi) is 2.43. The molecule has 0 radical (unpaired) electrons. The van der Waals surface area contributed by atoms with Crippen molar-refractivity contribution in [2.24, 2.45) is 7.05 Å². The number of hydrogen-bond acceptors (Lipinski definition) is 2. The number of fused-ring (bicyclic) bond motifs is 1. The number of nitrogens with two attached hydrogens (primary N) is 1. The fourth-order valence-electron chi connectivity index (χ4n) is 1.20. The lowest BCUT2D eigenvalue weighted by Gasteiger charge is -1.94. The summed E-state index contributed by atoms with van der Waals surface area (Å²) in [5.41, 5.74) is 6.17. The molecular formula is C8H9ClFN3. The first kappa shape index (κ1) is 9.80. The molecule has 1 aromatic carbocycles. The van der Waals surface area contributed by atoms with Gasteiger partial charge in [0.1, 0.15) is 0 Å². The predicted octanol–water partition coefficient (Wildman–Crippen LogP) is 1.72. The van der Waals surface area contributed by atoms with Crippen LogP contribution in [0.2, 0.25) is 0 Å². The van der Waals surface area contributed by atoms with E-state index < -0.39 is 0 Å². The number of rotatable bonds is 0. The number of nitrogens with zero attached hydrogens (tertiary/aromatic N) is 2. The third-order valence-electron chi connectivity index (χ3n) is 1.77. The van der Waals surface area contributed by atoms with Crippen molar-refractivity contribution in [2.45, 2.75) is 0 Å². The SMILES string of the molecule is Cl.Cn1cc2c(F)c(N)ccc2n1. The summed E-state index contributed by atoms with van der Waals surface area (Å²) in [6, 6.07) is 3.22. The number of benzene rings is 1. The summed E-state index contributed by atoms with van der Waals surface area (Å²) >= 11 is 0. The van der Waals surface area contributed by atoms with E-state index in [9.17, 15) is 4.39 Å². The lowest BCUT2D eigenvalue weighted by atomic mass is 10.2. The van der Waals surface area contributed by atoms with Gasteiger partial charge in [-0.25, -0.2) is 4.39 Å². The first-order valence-electron chi connectivity index (χ1n) is 3.56. The lowest BCUT2D eigenvalue weighted by Crippen LogP contribution is -1.89. The number of hydrogen-bond donors (Lipinski definition) is 1. The molecule has 0 bridgehead atoms. The molecule has 0 fully saturated rings. The molecule has 0 aliphatic carbocycles. The van der Waals surface area contributed by atoms with Crippen molar-refractivity contribution >= 4 is 29.0 Å². The van der Waals surface area contributed by atoms with Crippen molar-refractivity contribution in [2.75, 3.05) is 5.73 Å². The minimum Gasteiger partial charge on any atom is -0.396 e. The number of aryl methyl sites for hydroxylation is 1. The van der Waals surface area contributed by atoms with Gasteiger partial charge in [-0.2, -0.15) is 5.10 Å². The van der Waals surface area contributed by atoms with E-state index in [0.29, 0.717) is 10.9 Å². The topological polar surface area (TPSA) is 43.8 Å². The average molecular weight is 202 g/mol. The highest BCUT2D eigenvalue weighted by atomic mass is 35.5. The third kappa shape index (κ3) is 1.45. The van der Waals surface area contributed by atoms with Crippen LogP contribution in [0.15, 0.2) is 18.3 Å². The van der Waals surface area contributed by atoms with Gasteiger partial charge in [-0.05, 0) is 12.1 Å². The highest BCUT2D eigenvalue weighted by molar-refractivity contribution is 5.85. The Hall–Kier alpha value is -1.29. The van der Waals surface area contributed by atoms with Crippen LogP contribution >= 0.6 is 12.4 Å². The van der Waals surface area contributed by atoms with Crippen LogP contribution in [0.5, 0.6) is 0 Å². The fraction of sp³-hybridized carbons (Fsp3) is 0.125. The van der Waals surface area contributed by atoms with Crippen LogP contribution in [0.1, 0.15) is 0 Å². The molecule has 1 aromatic heterocycles. The molecule has 70 valence electrons. The van der Waals surface area contributed by atoms with E-state index in [0.717, 1.165) is 0 Å². The van der Waals surface area contributed by atoms with Crippen LogP contribution in [0.3, 0.4) is 0 Å². The molecule has 0 aliphatic rings. The van der Waals surface area contributed by atoms with Gasteiger partial charge in [-0.3, -0.25) is 4.68 Å². The lowest BCUT2D eigenvalue weighted by molar-refractivity contribution is 0.644. The van der Waals surface area contributed by atoms with Gasteiger partial charge in [0.25, 0.3) is 0 Å². The number of aromatic nitrogens is 2. The van der Waals surface area contributed by atoms with Crippen LogP contribution in [-0.4, -0.2) is 9.78 Å². The van der Waals surface area contributed by atoms with E-state index in [1.807, 2.05) is 0 Å². The molecule has 0 aliphatic heterocycles. The zero-order valence-corrected chi connectivity index (χ0v) is 7.81. The quantitative estimate of drug-likeness (QED) is 0.660. The summed E-state index contributed by atoms with van der Waals surface area (Å²) in [5.74, 6) is -0.388. The van der Waals surface area contributed by atoms with E-state index in [-0.39, 0.29) is 23.9 Å². The zero-order chi connectivity index (χ0) is 8.72. The maximum absolute atomic E-state index is 13.2. The molecule has 0 spiro atoms. The largest absolute Gasteiger partial charge is 0.396 e. The molecule has 0 amide bonds. The highest BCUT2D eigenvalue weighted by Crippen LogP contribution is 2.20. The van der Waals surface area contributed by atoms with Crippen LogP contribution in [0.25, 0.3) is 10.9 Å². The summed E-state index contributed by atoms with van der Waals surface area (Å²) in [6.07, 6.45) is 1.61. The van der Waals surface area contributed by atoms with E-state index in [1.54, 1.807) is 24.0 Å². The second-order valence-corrected chi connectivity index (χ2v) is 2.70. The van der Waals surface area contributed by atoms with Gasteiger partial charge in [0, 0.05) is 13.2 Å². The van der Waals surface area contributed by atoms with Gasteiger partial charge in [0.05, 0.1) is 16.6 Å². The molecule has 0 unspecified atom stereocenters. The second-order valence-electron chi connectivity index (χ2n) is 2.70. The van der Waals surface area contributed by atoms with E-state index in [4.69, 9.17) is 5.73 Å². The Balaban J connectivity index is 0.000000845. The second kappa shape index (κ2) is 3.22. The van der Waals surface area contributed by atoms with Crippen molar-refractivity contribution < 1.29 is 4.39 Å². The van der Waals surface area contributed by atoms with Gasteiger partial charge in [0.2, 0.25) is 0 Å². The summed E-state index contributed by atoms with van der Waals surface area (Å²) < 4.78 is 14.8. The normalized spacial score (nSPS) is 10.0. The fourth-order valence-corrected chi connectivity index (χ4v) is 1.20. The van der Waals surface area contributed by atoms with Gasteiger partial charge >= 0.3 is 0 Å². The van der Waals surface area contributed by atoms with Crippen molar-refractivity contribution in [3.8, 4) is 0 Å². The Bertz CT molecular complexity index is 438. The molecular weight excluding hydrogens is 193 g/mol. The maximum Gasteiger partial charge on any atom is 0.157 e. The molecule has 13 heavy (non-hydrogen) atoms. The predicted molar refractivity (Wildman–Crippen MR) is 52.3 cm³/mol. The molecule has 0 atom stereocenters. The summed E-state index contributed by atoms with van der Waals surface area (Å²) in [4.78, 5) is 0. The number of halogens is 2. The number of nitrogen functional groups attached to an aromatic ring is 1. The van der Waals surface area contributed by atoms with Crippen molar-refractivity contribution in [3.05, 3.63) is 24.1 Å². The minimum atomic E-state index is -0.388. The monoisotopic (exact) mass is 201 g/mol. The van der Waals surface area contributed by atoms with Crippen LogP contribution in [0, 0.1) is 5.82 Å². The number of anilines is 1.